The van der Waals surface area contributed by atoms with Crippen LogP contribution in [0, 0.1) is 0 Å². The molecule has 8 heteroatoms. The van der Waals surface area contributed by atoms with Crippen LogP contribution in [0.3, 0.4) is 0 Å². The fourth-order valence-electron chi connectivity index (χ4n) is 3.09. The van der Waals surface area contributed by atoms with Crippen molar-refractivity contribution in [1.29, 1.82) is 0 Å². The second-order valence-corrected chi connectivity index (χ2v) is 8.11. The molecule has 0 unspecified atom stereocenters. The van der Waals surface area contributed by atoms with E-state index in [1.165, 1.54) is 0 Å². The van der Waals surface area contributed by atoms with Gasteiger partial charge in [0.25, 0.3) is 0 Å². The summed E-state index contributed by atoms with van der Waals surface area (Å²) in [5.41, 5.74) is 0.851. The van der Waals surface area contributed by atoms with E-state index in [-0.39, 0.29) is 36.5 Å². The Balaban J connectivity index is 2.19. The molecule has 28 heavy (non-hydrogen) atoms. The zero-order chi connectivity index (χ0) is 21.0. The first kappa shape index (κ1) is 22.1. The number of amides is 2. The summed E-state index contributed by atoms with van der Waals surface area (Å²) in [5.74, 6) is 1.42. The molecule has 2 heterocycles. The Labute approximate surface area is 167 Å². The number of anilines is 1. The van der Waals surface area contributed by atoms with Crippen molar-refractivity contribution in [2.24, 2.45) is 0 Å². The molecule has 2 rings (SSSR count). The van der Waals surface area contributed by atoms with Crippen LogP contribution in [-0.4, -0.2) is 78.0 Å². The van der Waals surface area contributed by atoms with Crippen molar-refractivity contribution in [3.8, 4) is 0 Å². The van der Waals surface area contributed by atoms with E-state index in [9.17, 15) is 9.59 Å². The molecule has 2 amide bonds. The minimum atomic E-state index is -0.115. The van der Waals surface area contributed by atoms with Crippen LogP contribution in [0.4, 0.5) is 5.82 Å². The molecule has 0 radical (unpaired) electrons. The average molecular weight is 392 g/mol. The molecule has 0 aromatic carbocycles. The number of likely N-dealkylation sites (N-methyl/N-ethyl adjacent to an activating group) is 1. The molecule has 156 valence electrons. The van der Waals surface area contributed by atoms with Gasteiger partial charge in [0.2, 0.25) is 11.8 Å². The highest BCUT2D eigenvalue weighted by molar-refractivity contribution is 5.80. The molecule has 8 nitrogen and oxygen atoms in total. The second kappa shape index (κ2) is 9.32. The first-order valence-corrected chi connectivity index (χ1v) is 9.78. The zero-order valence-electron chi connectivity index (χ0n) is 18.1. The maximum Gasteiger partial charge on any atom is 0.248 e. The Bertz CT molecular complexity index is 705. The minimum absolute atomic E-state index is 0.000998. The van der Waals surface area contributed by atoms with Crippen LogP contribution in [0.2, 0.25) is 0 Å². The molecule has 1 saturated heterocycles. The van der Waals surface area contributed by atoms with Crippen molar-refractivity contribution < 1.29 is 14.3 Å². The number of nitrogens with zero attached hydrogens (tertiary/aromatic N) is 5. The lowest BCUT2D eigenvalue weighted by molar-refractivity contribution is -0.136. The summed E-state index contributed by atoms with van der Waals surface area (Å²) in [6.45, 7) is 8.84. The van der Waals surface area contributed by atoms with Gasteiger partial charge in [0.1, 0.15) is 18.2 Å². The van der Waals surface area contributed by atoms with E-state index in [2.05, 4.69) is 4.98 Å². The van der Waals surface area contributed by atoms with Gasteiger partial charge >= 0.3 is 0 Å². The van der Waals surface area contributed by atoms with Crippen molar-refractivity contribution in [2.45, 2.75) is 58.7 Å². The van der Waals surface area contributed by atoms with E-state index in [4.69, 9.17) is 9.72 Å². The summed E-state index contributed by atoms with van der Waals surface area (Å²) in [5, 5.41) is 0. The van der Waals surface area contributed by atoms with Crippen LogP contribution in [0.25, 0.3) is 0 Å². The highest BCUT2D eigenvalue weighted by atomic mass is 16.5. The number of carbonyl (C=O) groups is 2. The summed E-state index contributed by atoms with van der Waals surface area (Å²) < 4.78 is 5.39. The standard InChI is InChI=1S/C20H33N5O3/c1-13(2)25-10-15(8-19(25)26)16-9-18(23(5)6)22-17(21-16)11-24(7)20(27)12-28-14(3)4/h9,13-15H,8,10-12H2,1-7H3/t15-/m1/s1. The zero-order valence-corrected chi connectivity index (χ0v) is 18.1. The average Bonchev–Trinajstić information content (AvgIpc) is 3.01. The predicted octanol–water partition coefficient (Wildman–Crippen LogP) is 1.65. The maximum atomic E-state index is 12.3. The van der Waals surface area contributed by atoms with Crippen LogP contribution < -0.4 is 4.90 Å². The fourth-order valence-corrected chi connectivity index (χ4v) is 3.09. The van der Waals surface area contributed by atoms with Crippen molar-refractivity contribution >= 4 is 17.6 Å². The molecular formula is C20H33N5O3. The summed E-state index contributed by atoms with van der Waals surface area (Å²) in [4.78, 5) is 39.2. The molecule has 0 saturated carbocycles. The molecule has 1 aromatic heterocycles. The van der Waals surface area contributed by atoms with Crippen molar-refractivity contribution in [2.75, 3.05) is 39.2 Å². The number of hydrogen-bond donors (Lipinski definition) is 0. The van der Waals surface area contributed by atoms with E-state index in [1.807, 2.05) is 57.7 Å². The van der Waals surface area contributed by atoms with Gasteiger partial charge in [-0.3, -0.25) is 9.59 Å². The van der Waals surface area contributed by atoms with E-state index >= 15 is 0 Å². The van der Waals surface area contributed by atoms with Gasteiger partial charge in [-0.1, -0.05) is 0 Å². The molecular weight excluding hydrogens is 358 g/mol. The van der Waals surface area contributed by atoms with Crippen LogP contribution in [0.5, 0.6) is 0 Å². The molecule has 0 aliphatic carbocycles. The lowest BCUT2D eigenvalue weighted by Gasteiger charge is -2.22. The van der Waals surface area contributed by atoms with Gasteiger partial charge in [-0.15, -0.1) is 0 Å². The quantitative estimate of drug-likeness (QED) is 0.670. The van der Waals surface area contributed by atoms with E-state index < -0.39 is 0 Å². The van der Waals surface area contributed by atoms with Gasteiger partial charge in [-0.25, -0.2) is 9.97 Å². The number of likely N-dealkylation sites (tertiary alicyclic amines) is 1. The number of rotatable bonds is 8. The topological polar surface area (TPSA) is 78.9 Å². The van der Waals surface area contributed by atoms with Gasteiger partial charge in [-0.2, -0.15) is 0 Å². The third-order valence-corrected chi connectivity index (χ3v) is 4.78. The smallest absolute Gasteiger partial charge is 0.248 e. The number of ether oxygens (including phenoxy) is 1. The minimum Gasteiger partial charge on any atom is -0.369 e. The highest BCUT2D eigenvalue weighted by Crippen LogP contribution is 2.29. The summed E-state index contributed by atoms with van der Waals surface area (Å²) >= 11 is 0. The molecule has 1 fully saturated rings. The van der Waals surface area contributed by atoms with Gasteiger partial charge in [0.15, 0.2) is 0 Å². The Kier molecular flexibility index (Phi) is 7.35. The van der Waals surface area contributed by atoms with Crippen LogP contribution >= 0.6 is 0 Å². The third-order valence-electron chi connectivity index (χ3n) is 4.78. The molecule has 0 N–H and O–H groups in total. The summed E-state index contributed by atoms with van der Waals surface area (Å²) in [7, 11) is 5.56. The van der Waals surface area contributed by atoms with Gasteiger partial charge in [-0.05, 0) is 27.7 Å². The second-order valence-electron chi connectivity index (χ2n) is 8.11. The number of aromatic nitrogens is 2. The highest BCUT2D eigenvalue weighted by Gasteiger charge is 2.33. The SMILES string of the molecule is CC(C)OCC(=O)N(C)Cc1nc([C@@H]2CC(=O)N(C(C)C)C2)cc(N(C)C)n1. The van der Waals surface area contributed by atoms with Gasteiger partial charge in [0, 0.05) is 52.1 Å². The first-order chi connectivity index (χ1) is 13.1. The van der Waals surface area contributed by atoms with Gasteiger partial charge in [0.05, 0.1) is 18.3 Å². The Morgan fingerprint density at radius 1 is 1.25 bits per heavy atom. The normalized spacial score (nSPS) is 17.0. The van der Waals surface area contributed by atoms with Crippen molar-refractivity contribution in [3.63, 3.8) is 0 Å². The molecule has 0 spiro atoms. The molecule has 1 aliphatic rings. The third kappa shape index (κ3) is 5.64. The van der Waals surface area contributed by atoms with Crippen LogP contribution in [-0.2, 0) is 20.9 Å². The van der Waals surface area contributed by atoms with Crippen LogP contribution in [0.1, 0.15) is 51.6 Å². The van der Waals surface area contributed by atoms with Crippen molar-refractivity contribution in [3.05, 3.63) is 17.6 Å². The Morgan fingerprint density at radius 3 is 2.46 bits per heavy atom. The maximum absolute atomic E-state index is 12.3. The van der Waals surface area contributed by atoms with Crippen molar-refractivity contribution in [1.82, 2.24) is 19.8 Å². The molecule has 0 bridgehead atoms. The van der Waals surface area contributed by atoms with E-state index in [1.54, 1.807) is 11.9 Å². The summed E-state index contributed by atoms with van der Waals surface area (Å²) in [6, 6.07) is 2.12. The lowest BCUT2D eigenvalue weighted by atomic mass is 10.0. The van der Waals surface area contributed by atoms with Gasteiger partial charge < -0.3 is 19.4 Å². The Morgan fingerprint density at radius 2 is 1.93 bits per heavy atom. The fraction of sp³-hybridized carbons (Fsp3) is 0.700. The largest absolute Gasteiger partial charge is 0.369 e. The van der Waals surface area contributed by atoms with E-state index in [0.29, 0.717) is 25.3 Å². The number of carbonyl (C=O) groups excluding carboxylic acids is 2. The number of hydrogen-bond acceptors (Lipinski definition) is 6. The molecule has 1 aromatic rings. The predicted molar refractivity (Wildman–Crippen MR) is 108 cm³/mol. The first-order valence-electron chi connectivity index (χ1n) is 9.78. The van der Waals surface area contributed by atoms with E-state index in [0.717, 1.165) is 11.5 Å². The molecule has 1 atom stereocenters. The lowest BCUT2D eigenvalue weighted by Crippen LogP contribution is -2.32. The van der Waals surface area contributed by atoms with Crippen LogP contribution in [0.15, 0.2) is 6.07 Å². The Hall–Kier alpha value is -2.22. The summed E-state index contributed by atoms with van der Waals surface area (Å²) in [6.07, 6.45) is 0.458. The molecule has 1 aliphatic heterocycles. The monoisotopic (exact) mass is 391 g/mol.